The Balaban J connectivity index is 1.89. The van der Waals surface area contributed by atoms with E-state index in [4.69, 9.17) is 0 Å². The molecule has 2 atom stereocenters. The maximum atomic E-state index is 14.2. The molecular weight excluding hydrogens is 231 g/mol. The molecule has 1 fully saturated rings. The van der Waals surface area contributed by atoms with E-state index in [9.17, 15) is 9.50 Å². The first-order valence-electron chi connectivity index (χ1n) is 6.19. The fraction of sp³-hybridized carbons (Fsp3) is 0.357. The van der Waals surface area contributed by atoms with E-state index in [0.29, 0.717) is 12.8 Å². The number of rotatable bonds is 2. The molecular formula is C14H13FN2O. The topological polar surface area (TPSA) is 38.1 Å². The van der Waals surface area contributed by atoms with Crippen LogP contribution in [0.4, 0.5) is 4.39 Å². The minimum absolute atomic E-state index is 0.341. The summed E-state index contributed by atoms with van der Waals surface area (Å²) in [6, 6.07) is 7.49. The molecule has 3 nitrogen and oxygen atoms in total. The summed E-state index contributed by atoms with van der Waals surface area (Å²) in [6.45, 7) is 0. The summed E-state index contributed by atoms with van der Waals surface area (Å²) in [5, 5.41) is 10.3. The third kappa shape index (κ3) is 1.18. The quantitative estimate of drug-likeness (QED) is 0.880. The highest BCUT2D eigenvalue weighted by Crippen LogP contribution is 2.51. The van der Waals surface area contributed by atoms with Gasteiger partial charge in [0.25, 0.3) is 0 Å². The predicted molar refractivity (Wildman–Crippen MR) is 64.9 cm³/mol. The third-order valence-electron chi connectivity index (χ3n) is 4.08. The van der Waals surface area contributed by atoms with E-state index >= 15 is 0 Å². The fourth-order valence-corrected chi connectivity index (χ4v) is 2.89. The van der Waals surface area contributed by atoms with Crippen LogP contribution in [0, 0.1) is 0 Å². The highest BCUT2D eigenvalue weighted by atomic mass is 19.1. The van der Waals surface area contributed by atoms with Crippen LogP contribution in [0.5, 0.6) is 0 Å². The SMILES string of the molecule is O[C@@H]([C@H]1c2ccccc2-c2cncn21)C1(F)CC1. The van der Waals surface area contributed by atoms with Crippen LogP contribution in [0.1, 0.15) is 24.4 Å². The number of halogens is 1. The van der Waals surface area contributed by atoms with Gasteiger partial charge in [0.1, 0.15) is 11.8 Å². The summed E-state index contributed by atoms with van der Waals surface area (Å²) in [5.41, 5.74) is 1.58. The average molecular weight is 244 g/mol. The van der Waals surface area contributed by atoms with Gasteiger partial charge in [-0.05, 0) is 18.4 Å². The summed E-state index contributed by atoms with van der Waals surface area (Å²) >= 11 is 0. The Morgan fingerprint density at radius 2 is 2.17 bits per heavy atom. The van der Waals surface area contributed by atoms with Crippen molar-refractivity contribution in [2.45, 2.75) is 30.7 Å². The van der Waals surface area contributed by atoms with E-state index in [0.717, 1.165) is 16.8 Å². The minimum atomic E-state index is -1.41. The van der Waals surface area contributed by atoms with E-state index in [1.165, 1.54) is 0 Å². The van der Waals surface area contributed by atoms with E-state index < -0.39 is 11.8 Å². The first kappa shape index (κ1) is 10.3. The van der Waals surface area contributed by atoms with Gasteiger partial charge in [0.15, 0.2) is 0 Å². The summed E-state index contributed by atoms with van der Waals surface area (Å²) in [7, 11) is 0. The molecule has 1 aliphatic heterocycles. The van der Waals surface area contributed by atoms with Gasteiger partial charge in [-0.25, -0.2) is 9.37 Å². The second-order valence-corrected chi connectivity index (χ2v) is 5.20. The molecule has 0 unspecified atom stereocenters. The summed E-state index contributed by atoms with van der Waals surface area (Å²) in [5.74, 6) is 0. The number of aliphatic hydroxyl groups excluding tert-OH is 1. The van der Waals surface area contributed by atoms with Gasteiger partial charge < -0.3 is 9.67 Å². The average Bonchev–Trinajstić information content (AvgIpc) is 2.87. The Morgan fingerprint density at radius 3 is 2.94 bits per heavy atom. The van der Waals surface area contributed by atoms with E-state index in [-0.39, 0.29) is 6.04 Å². The van der Waals surface area contributed by atoms with Crippen molar-refractivity contribution in [2.24, 2.45) is 0 Å². The van der Waals surface area contributed by atoms with Gasteiger partial charge in [-0.2, -0.15) is 0 Å². The van der Waals surface area contributed by atoms with Gasteiger partial charge >= 0.3 is 0 Å². The normalized spacial score (nSPS) is 24.4. The smallest absolute Gasteiger partial charge is 0.139 e. The van der Waals surface area contributed by atoms with Gasteiger partial charge in [-0.3, -0.25) is 0 Å². The molecule has 2 aliphatic rings. The van der Waals surface area contributed by atoms with Crippen molar-refractivity contribution in [3.63, 3.8) is 0 Å². The molecule has 0 bridgehead atoms. The van der Waals surface area contributed by atoms with Crippen molar-refractivity contribution in [1.82, 2.24) is 9.55 Å². The van der Waals surface area contributed by atoms with Crippen molar-refractivity contribution < 1.29 is 9.50 Å². The number of aromatic nitrogens is 2. The lowest BCUT2D eigenvalue weighted by Gasteiger charge is -2.24. The molecule has 4 heteroatoms. The molecule has 1 N–H and O–H groups in total. The molecule has 0 spiro atoms. The van der Waals surface area contributed by atoms with Crippen LogP contribution in [-0.4, -0.2) is 26.4 Å². The number of benzene rings is 1. The standard InChI is InChI=1S/C14H13FN2O/c15-14(5-6-14)13(18)12-10-4-2-1-3-9(10)11-7-16-8-17(11)12/h1-4,7-8,12-13,18H,5-6H2/t12-,13+/m1/s1. The third-order valence-corrected chi connectivity index (χ3v) is 4.08. The Bertz CT molecular complexity index is 618. The number of fused-ring (bicyclic) bond motifs is 3. The molecule has 18 heavy (non-hydrogen) atoms. The van der Waals surface area contributed by atoms with Gasteiger partial charge in [-0.15, -0.1) is 0 Å². The zero-order chi connectivity index (χ0) is 12.3. The molecule has 0 saturated heterocycles. The van der Waals surface area contributed by atoms with Crippen molar-refractivity contribution in [1.29, 1.82) is 0 Å². The van der Waals surface area contributed by atoms with E-state index in [1.807, 2.05) is 28.8 Å². The first-order valence-corrected chi connectivity index (χ1v) is 6.19. The molecule has 1 aromatic heterocycles. The zero-order valence-electron chi connectivity index (χ0n) is 9.75. The Morgan fingerprint density at radius 1 is 1.39 bits per heavy atom. The summed E-state index contributed by atoms with van der Waals surface area (Å²) < 4.78 is 16.0. The monoisotopic (exact) mass is 244 g/mol. The largest absolute Gasteiger partial charge is 0.387 e. The van der Waals surface area contributed by atoms with Crippen LogP contribution in [-0.2, 0) is 0 Å². The summed E-state index contributed by atoms with van der Waals surface area (Å²) in [4.78, 5) is 4.11. The Kier molecular flexibility index (Phi) is 1.83. The van der Waals surface area contributed by atoms with Crippen molar-refractivity contribution in [2.75, 3.05) is 0 Å². The van der Waals surface area contributed by atoms with E-state index in [2.05, 4.69) is 4.98 Å². The number of nitrogens with zero attached hydrogens (tertiary/aromatic N) is 2. The second kappa shape index (κ2) is 3.20. The lowest BCUT2D eigenvalue weighted by atomic mass is 9.96. The zero-order valence-corrected chi connectivity index (χ0v) is 9.75. The second-order valence-electron chi connectivity index (χ2n) is 5.20. The summed E-state index contributed by atoms with van der Waals surface area (Å²) in [6.07, 6.45) is 3.36. The predicted octanol–water partition coefficient (Wildman–Crippen LogP) is 2.32. The van der Waals surface area contributed by atoms with Crippen molar-refractivity contribution in [3.05, 3.63) is 42.4 Å². The number of aliphatic hydroxyl groups is 1. The lowest BCUT2D eigenvalue weighted by molar-refractivity contribution is 0.0330. The molecule has 1 aromatic carbocycles. The maximum absolute atomic E-state index is 14.2. The number of imidazole rings is 1. The molecule has 0 radical (unpaired) electrons. The first-order chi connectivity index (χ1) is 8.71. The van der Waals surface area contributed by atoms with Gasteiger partial charge in [0, 0.05) is 5.56 Å². The molecule has 2 aromatic rings. The van der Waals surface area contributed by atoms with Crippen LogP contribution in [0.2, 0.25) is 0 Å². The van der Waals surface area contributed by atoms with E-state index in [1.54, 1.807) is 12.5 Å². The van der Waals surface area contributed by atoms with Crippen LogP contribution < -0.4 is 0 Å². The minimum Gasteiger partial charge on any atom is -0.387 e. The fourth-order valence-electron chi connectivity index (χ4n) is 2.89. The van der Waals surface area contributed by atoms with Crippen LogP contribution >= 0.6 is 0 Å². The highest BCUT2D eigenvalue weighted by Gasteiger charge is 2.54. The highest BCUT2D eigenvalue weighted by molar-refractivity contribution is 5.69. The van der Waals surface area contributed by atoms with Crippen molar-refractivity contribution in [3.8, 4) is 11.3 Å². The molecule has 92 valence electrons. The van der Waals surface area contributed by atoms with Crippen LogP contribution in [0.15, 0.2) is 36.8 Å². The Hall–Kier alpha value is -1.68. The van der Waals surface area contributed by atoms with Crippen LogP contribution in [0.3, 0.4) is 0 Å². The molecule has 2 heterocycles. The van der Waals surface area contributed by atoms with Gasteiger partial charge in [-0.1, -0.05) is 24.3 Å². The van der Waals surface area contributed by atoms with Crippen LogP contribution in [0.25, 0.3) is 11.3 Å². The van der Waals surface area contributed by atoms with Gasteiger partial charge in [0.2, 0.25) is 0 Å². The maximum Gasteiger partial charge on any atom is 0.139 e. The van der Waals surface area contributed by atoms with Gasteiger partial charge in [0.05, 0.1) is 24.3 Å². The number of hydrogen-bond acceptors (Lipinski definition) is 2. The lowest BCUT2D eigenvalue weighted by Crippen LogP contribution is -2.33. The molecule has 4 rings (SSSR count). The molecule has 1 aliphatic carbocycles. The number of hydrogen-bond donors (Lipinski definition) is 1. The number of alkyl halides is 1. The van der Waals surface area contributed by atoms with Crippen molar-refractivity contribution >= 4 is 0 Å². The Labute approximate surface area is 104 Å². The molecule has 1 saturated carbocycles. The molecule has 0 amide bonds.